The van der Waals surface area contributed by atoms with Crippen molar-refractivity contribution in [2.75, 3.05) is 5.32 Å². The maximum Gasteiger partial charge on any atom is 0.265 e. The third-order valence-corrected chi connectivity index (χ3v) is 5.12. The Bertz CT molecular complexity index is 1350. The lowest BCUT2D eigenvalue weighted by atomic mass is 10.0. The molecule has 30 heavy (non-hydrogen) atoms. The highest BCUT2D eigenvalue weighted by Crippen LogP contribution is 2.27. The normalized spacial score (nSPS) is 10.7. The van der Waals surface area contributed by atoms with E-state index >= 15 is 0 Å². The van der Waals surface area contributed by atoms with E-state index in [4.69, 9.17) is 0 Å². The number of carbonyl (C=O) groups excluding carboxylic acids is 2. The summed E-state index contributed by atoms with van der Waals surface area (Å²) in [5, 5.41) is 13.5. The molecule has 0 aliphatic heterocycles. The van der Waals surface area contributed by atoms with Crippen LogP contribution >= 0.6 is 15.9 Å². The molecule has 3 aromatic carbocycles. The molecule has 6 nitrogen and oxygen atoms in total. The lowest BCUT2D eigenvalue weighted by Gasteiger charge is -2.12. The number of fused-ring (bicyclic) bond motifs is 1. The van der Waals surface area contributed by atoms with Gasteiger partial charge >= 0.3 is 0 Å². The Kier molecular flexibility index (Phi) is 5.20. The predicted molar refractivity (Wildman–Crippen MR) is 118 cm³/mol. The number of carbonyl (C=O) groups is 2. The van der Waals surface area contributed by atoms with Gasteiger partial charge in [0.1, 0.15) is 11.3 Å². The summed E-state index contributed by atoms with van der Waals surface area (Å²) in [5.74, 6) is -1.52. The summed E-state index contributed by atoms with van der Waals surface area (Å²) in [6.07, 6.45) is 0. The molecule has 1 amide bonds. The zero-order valence-corrected chi connectivity index (χ0v) is 17.1. The maximum atomic E-state index is 13.0. The van der Waals surface area contributed by atoms with Crippen LogP contribution in [0, 0.1) is 0 Å². The van der Waals surface area contributed by atoms with Crippen molar-refractivity contribution >= 4 is 44.2 Å². The number of rotatable bonds is 4. The van der Waals surface area contributed by atoms with E-state index in [1.54, 1.807) is 72.8 Å². The molecule has 0 aliphatic rings. The highest BCUT2D eigenvalue weighted by Gasteiger charge is 2.22. The molecule has 1 heterocycles. The molecule has 0 atom stereocenters. The summed E-state index contributed by atoms with van der Waals surface area (Å²) in [6.45, 7) is 0. The minimum Gasteiger partial charge on any atom is -0.506 e. The van der Waals surface area contributed by atoms with Gasteiger partial charge in [-0.15, -0.1) is 0 Å². The number of anilines is 1. The van der Waals surface area contributed by atoms with Crippen molar-refractivity contribution in [3.63, 3.8) is 0 Å². The summed E-state index contributed by atoms with van der Waals surface area (Å²) in [4.78, 5) is 40.9. The molecule has 0 bridgehead atoms. The molecule has 0 radical (unpaired) electrons. The van der Waals surface area contributed by atoms with Crippen molar-refractivity contribution < 1.29 is 14.7 Å². The standard InChI is InChI=1S/C23H15BrN2O4/c24-14-10-11-18(16(12-14)20(27)13-6-2-1-3-7-13)26-23(30)19-21(28)15-8-4-5-9-17(15)25-22(19)29/h1-12H,(H,26,30)(H2,25,28,29). The van der Waals surface area contributed by atoms with Crippen LogP contribution in [0.15, 0.2) is 82.1 Å². The number of benzene rings is 3. The van der Waals surface area contributed by atoms with Gasteiger partial charge in [-0.05, 0) is 30.3 Å². The highest BCUT2D eigenvalue weighted by atomic mass is 79.9. The summed E-state index contributed by atoms with van der Waals surface area (Å²) >= 11 is 3.34. The summed E-state index contributed by atoms with van der Waals surface area (Å²) in [5.41, 5.74) is 0.203. The summed E-state index contributed by atoms with van der Waals surface area (Å²) in [7, 11) is 0. The Morgan fingerprint density at radius 3 is 2.40 bits per heavy atom. The van der Waals surface area contributed by atoms with Crippen molar-refractivity contribution in [1.82, 2.24) is 4.98 Å². The molecule has 4 aromatic rings. The van der Waals surface area contributed by atoms with E-state index < -0.39 is 22.8 Å². The minimum atomic E-state index is -0.816. The van der Waals surface area contributed by atoms with Crippen LogP contribution in [-0.2, 0) is 0 Å². The first-order chi connectivity index (χ1) is 14.5. The lowest BCUT2D eigenvalue weighted by Crippen LogP contribution is -2.24. The van der Waals surface area contributed by atoms with Crippen LogP contribution in [0.4, 0.5) is 5.69 Å². The van der Waals surface area contributed by atoms with Crippen LogP contribution in [0.3, 0.4) is 0 Å². The van der Waals surface area contributed by atoms with Crippen molar-refractivity contribution in [1.29, 1.82) is 0 Å². The fourth-order valence-electron chi connectivity index (χ4n) is 3.18. The first-order valence-electron chi connectivity index (χ1n) is 9.00. The molecule has 0 saturated heterocycles. The van der Waals surface area contributed by atoms with Gasteiger partial charge in [0.15, 0.2) is 5.78 Å². The van der Waals surface area contributed by atoms with Gasteiger partial charge in [-0.3, -0.25) is 14.4 Å². The Hall–Kier alpha value is -3.71. The van der Waals surface area contributed by atoms with Crippen molar-refractivity contribution in [2.45, 2.75) is 0 Å². The molecule has 1 aromatic heterocycles. The zero-order valence-electron chi connectivity index (χ0n) is 15.5. The van der Waals surface area contributed by atoms with Crippen LogP contribution in [0.1, 0.15) is 26.3 Å². The molecule has 7 heteroatoms. The van der Waals surface area contributed by atoms with E-state index in [9.17, 15) is 19.5 Å². The van der Waals surface area contributed by atoms with Gasteiger partial charge < -0.3 is 15.4 Å². The summed E-state index contributed by atoms with van der Waals surface area (Å²) in [6, 6.07) is 20.1. The molecule has 0 spiro atoms. The number of hydrogen-bond donors (Lipinski definition) is 3. The second kappa shape index (κ2) is 7.96. The van der Waals surface area contributed by atoms with E-state index in [1.807, 2.05) is 0 Å². The van der Waals surface area contributed by atoms with Gasteiger partial charge in [0, 0.05) is 21.0 Å². The van der Waals surface area contributed by atoms with Gasteiger partial charge in [0.05, 0.1) is 11.2 Å². The molecule has 0 fully saturated rings. The number of halogens is 1. The number of para-hydroxylation sites is 1. The van der Waals surface area contributed by atoms with Gasteiger partial charge in [0.2, 0.25) is 0 Å². The fraction of sp³-hybridized carbons (Fsp3) is 0. The topological polar surface area (TPSA) is 99.3 Å². The fourth-order valence-corrected chi connectivity index (χ4v) is 3.54. The van der Waals surface area contributed by atoms with E-state index in [0.29, 0.717) is 20.9 Å². The van der Waals surface area contributed by atoms with Crippen LogP contribution in [0.5, 0.6) is 5.75 Å². The monoisotopic (exact) mass is 462 g/mol. The molecule has 0 unspecified atom stereocenters. The van der Waals surface area contributed by atoms with Crippen LogP contribution < -0.4 is 10.9 Å². The van der Waals surface area contributed by atoms with Gasteiger partial charge in [0.25, 0.3) is 11.5 Å². The Labute approximate surface area is 179 Å². The Balaban J connectivity index is 1.76. The second-order valence-electron chi connectivity index (χ2n) is 6.56. The first-order valence-corrected chi connectivity index (χ1v) is 9.79. The molecular formula is C23H15BrN2O4. The van der Waals surface area contributed by atoms with Crippen LogP contribution in [-0.4, -0.2) is 21.8 Å². The molecule has 0 saturated carbocycles. The number of amides is 1. The van der Waals surface area contributed by atoms with E-state index in [0.717, 1.165) is 0 Å². The number of nitrogens with one attached hydrogen (secondary N) is 2. The molecule has 4 rings (SSSR count). The van der Waals surface area contributed by atoms with Crippen LogP contribution in [0.2, 0.25) is 0 Å². The van der Waals surface area contributed by atoms with Crippen LogP contribution in [0.25, 0.3) is 10.9 Å². The minimum absolute atomic E-state index is 0.226. The quantitative estimate of drug-likeness (QED) is 0.389. The summed E-state index contributed by atoms with van der Waals surface area (Å²) < 4.78 is 0.658. The second-order valence-corrected chi connectivity index (χ2v) is 7.48. The largest absolute Gasteiger partial charge is 0.506 e. The number of aromatic amines is 1. The third-order valence-electron chi connectivity index (χ3n) is 4.63. The number of ketones is 1. The zero-order chi connectivity index (χ0) is 21.3. The predicted octanol–water partition coefficient (Wildman–Crippen LogP) is 4.48. The highest BCUT2D eigenvalue weighted by molar-refractivity contribution is 9.10. The molecule has 0 aliphatic carbocycles. The lowest BCUT2D eigenvalue weighted by molar-refractivity contribution is 0.102. The molecule has 148 valence electrons. The van der Waals surface area contributed by atoms with E-state index in [1.165, 1.54) is 0 Å². The van der Waals surface area contributed by atoms with Crippen molar-refractivity contribution in [3.05, 3.63) is 104 Å². The number of H-pyrrole nitrogens is 1. The number of pyridine rings is 1. The number of aromatic hydroxyl groups is 1. The van der Waals surface area contributed by atoms with Crippen molar-refractivity contribution in [3.8, 4) is 5.75 Å². The average molecular weight is 463 g/mol. The number of aromatic nitrogens is 1. The van der Waals surface area contributed by atoms with E-state index in [2.05, 4.69) is 26.2 Å². The maximum absolute atomic E-state index is 13.0. The van der Waals surface area contributed by atoms with Gasteiger partial charge in [-0.25, -0.2) is 0 Å². The SMILES string of the molecule is O=C(c1ccccc1)c1cc(Br)ccc1NC(=O)c1c(O)c2ccccc2[nH]c1=O. The Morgan fingerprint density at radius 1 is 0.933 bits per heavy atom. The molecular weight excluding hydrogens is 448 g/mol. The first kappa shape index (κ1) is 19.6. The van der Waals surface area contributed by atoms with E-state index in [-0.39, 0.29) is 17.0 Å². The molecule has 3 N–H and O–H groups in total. The third kappa shape index (κ3) is 3.62. The average Bonchev–Trinajstić information content (AvgIpc) is 2.75. The van der Waals surface area contributed by atoms with Crippen molar-refractivity contribution in [2.24, 2.45) is 0 Å². The Morgan fingerprint density at radius 2 is 1.63 bits per heavy atom. The van der Waals surface area contributed by atoms with Gasteiger partial charge in [-0.1, -0.05) is 58.4 Å². The smallest absolute Gasteiger partial charge is 0.265 e. The number of hydrogen-bond acceptors (Lipinski definition) is 4. The van der Waals surface area contributed by atoms with Gasteiger partial charge in [-0.2, -0.15) is 0 Å².